The Morgan fingerprint density at radius 1 is 1.12 bits per heavy atom. The van der Waals surface area contributed by atoms with Crippen molar-refractivity contribution in [2.75, 3.05) is 24.5 Å². The summed E-state index contributed by atoms with van der Waals surface area (Å²) in [6, 6.07) is 15.8. The number of hydrogen-bond donors (Lipinski definition) is 4. The quantitative estimate of drug-likeness (QED) is 0.499. The second kappa shape index (κ2) is 7.61. The Hall–Kier alpha value is -3.15. The molecule has 1 amide bonds. The molecule has 0 atom stereocenters. The molecule has 6 heteroatoms. The number of amides is 1. The lowest BCUT2D eigenvalue weighted by Gasteiger charge is -2.11. The first-order chi connectivity index (χ1) is 12.2. The van der Waals surface area contributed by atoms with Crippen LogP contribution >= 0.6 is 0 Å². The van der Waals surface area contributed by atoms with Gasteiger partial charge in [0.2, 0.25) is 5.91 Å². The number of para-hydroxylation sites is 1. The van der Waals surface area contributed by atoms with Gasteiger partial charge in [-0.05, 0) is 36.8 Å². The standard InChI is InChI=1S/C19H22N4O2/c1-13(24)20-11-10-16-17-12-15(25-2)8-9-18(17)21-19(16)23-22-14-6-4-3-5-7-14/h3-9,12,21-23H,10-11H2,1-2H3,(H,20,24). The van der Waals surface area contributed by atoms with Crippen molar-refractivity contribution in [2.45, 2.75) is 13.3 Å². The lowest BCUT2D eigenvalue weighted by atomic mass is 10.1. The monoisotopic (exact) mass is 338 g/mol. The largest absolute Gasteiger partial charge is 0.497 e. The van der Waals surface area contributed by atoms with Crippen molar-refractivity contribution in [2.24, 2.45) is 0 Å². The molecular formula is C19H22N4O2. The van der Waals surface area contributed by atoms with E-state index in [9.17, 15) is 4.79 Å². The summed E-state index contributed by atoms with van der Waals surface area (Å²) in [6.45, 7) is 2.09. The van der Waals surface area contributed by atoms with Gasteiger partial charge in [-0.15, -0.1) is 0 Å². The number of nitrogens with one attached hydrogen (secondary N) is 4. The SMILES string of the molecule is COc1ccc2[nH]c(NNc3ccccc3)c(CCNC(C)=O)c2c1. The van der Waals surface area contributed by atoms with Crippen molar-refractivity contribution in [3.05, 3.63) is 54.1 Å². The average molecular weight is 338 g/mol. The van der Waals surface area contributed by atoms with Crippen LogP contribution in [-0.2, 0) is 11.2 Å². The molecule has 130 valence electrons. The molecule has 4 N–H and O–H groups in total. The Morgan fingerprint density at radius 3 is 2.64 bits per heavy atom. The zero-order chi connectivity index (χ0) is 17.6. The molecule has 25 heavy (non-hydrogen) atoms. The van der Waals surface area contributed by atoms with Crippen LogP contribution in [-0.4, -0.2) is 24.5 Å². The van der Waals surface area contributed by atoms with Gasteiger partial charge in [-0.25, -0.2) is 0 Å². The molecule has 0 spiro atoms. The first kappa shape index (κ1) is 16.7. The maximum Gasteiger partial charge on any atom is 0.216 e. The van der Waals surface area contributed by atoms with Crippen LogP contribution in [0.3, 0.4) is 0 Å². The maximum atomic E-state index is 11.2. The Balaban J connectivity index is 1.87. The van der Waals surface area contributed by atoms with Crippen LogP contribution in [0.5, 0.6) is 5.75 Å². The molecule has 0 aliphatic rings. The number of methoxy groups -OCH3 is 1. The fraction of sp³-hybridized carbons (Fsp3) is 0.211. The fourth-order valence-electron chi connectivity index (χ4n) is 2.74. The van der Waals surface area contributed by atoms with E-state index in [2.05, 4.69) is 21.2 Å². The van der Waals surface area contributed by atoms with Crippen LogP contribution < -0.4 is 20.9 Å². The Morgan fingerprint density at radius 2 is 1.92 bits per heavy atom. The predicted octanol–water partition coefficient (Wildman–Crippen LogP) is 3.29. The highest BCUT2D eigenvalue weighted by Gasteiger charge is 2.12. The summed E-state index contributed by atoms with van der Waals surface area (Å²) in [6.07, 6.45) is 0.700. The molecule has 1 heterocycles. The number of H-pyrrole nitrogens is 1. The Kier molecular flexibility index (Phi) is 5.09. The number of aromatic nitrogens is 1. The van der Waals surface area contributed by atoms with Gasteiger partial charge in [0.25, 0.3) is 0 Å². The number of hydrazine groups is 1. The second-order valence-electron chi connectivity index (χ2n) is 5.74. The summed E-state index contributed by atoms with van der Waals surface area (Å²) in [5, 5.41) is 3.92. The molecule has 6 nitrogen and oxygen atoms in total. The third kappa shape index (κ3) is 4.03. The molecule has 0 aliphatic carbocycles. The lowest BCUT2D eigenvalue weighted by molar-refractivity contribution is -0.118. The van der Waals surface area contributed by atoms with E-state index in [1.165, 1.54) is 6.92 Å². The molecule has 0 bridgehead atoms. The van der Waals surface area contributed by atoms with Crippen LogP contribution in [0.2, 0.25) is 0 Å². The summed E-state index contributed by atoms with van der Waals surface area (Å²) in [5.41, 5.74) is 9.49. The Bertz CT molecular complexity index is 858. The van der Waals surface area contributed by atoms with E-state index in [0.29, 0.717) is 13.0 Å². The molecule has 0 unspecified atom stereocenters. The maximum absolute atomic E-state index is 11.2. The number of aromatic amines is 1. The van der Waals surface area contributed by atoms with Crippen molar-refractivity contribution < 1.29 is 9.53 Å². The zero-order valence-corrected chi connectivity index (χ0v) is 14.3. The molecule has 3 aromatic rings. The van der Waals surface area contributed by atoms with Gasteiger partial charge in [-0.3, -0.25) is 15.6 Å². The molecular weight excluding hydrogens is 316 g/mol. The minimum absolute atomic E-state index is 0.0330. The van der Waals surface area contributed by atoms with Crippen molar-refractivity contribution >= 4 is 28.3 Å². The summed E-state index contributed by atoms with van der Waals surface area (Å²) >= 11 is 0. The minimum Gasteiger partial charge on any atom is -0.497 e. The smallest absolute Gasteiger partial charge is 0.216 e. The number of ether oxygens (including phenoxy) is 1. The third-order valence-electron chi connectivity index (χ3n) is 3.97. The number of carbonyl (C=O) groups is 1. The number of rotatable bonds is 7. The van der Waals surface area contributed by atoms with Gasteiger partial charge in [0.1, 0.15) is 11.6 Å². The van der Waals surface area contributed by atoms with Gasteiger partial charge in [0, 0.05) is 29.9 Å². The summed E-state index contributed by atoms with van der Waals surface area (Å²) < 4.78 is 5.34. The normalized spacial score (nSPS) is 10.5. The van der Waals surface area contributed by atoms with E-state index < -0.39 is 0 Å². The average Bonchev–Trinajstić information content (AvgIpc) is 2.97. The van der Waals surface area contributed by atoms with E-state index in [0.717, 1.165) is 33.7 Å². The first-order valence-electron chi connectivity index (χ1n) is 8.17. The highest BCUT2D eigenvalue weighted by molar-refractivity contribution is 5.90. The van der Waals surface area contributed by atoms with Crippen LogP contribution in [0.15, 0.2) is 48.5 Å². The molecule has 0 radical (unpaired) electrons. The fourth-order valence-corrected chi connectivity index (χ4v) is 2.74. The van der Waals surface area contributed by atoms with E-state index in [-0.39, 0.29) is 5.91 Å². The lowest BCUT2D eigenvalue weighted by Crippen LogP contribution is -2.22. The van der Waals surface area contributed by atoms with Crippen molar-refractivity contribution in [1.29, 1.82) is 0 Å². The van der Waals surface area contributed by atoms with Crippen LogP contribution in [0.4, 0.5) is 11.5 Å². The molecule has 0 saturated heterocycles. The zero-order valence-electron chi connectivity index (χ0n) is 14.3. The number of benzene rings is 2. The van der Waals surface area contributed by atoms with Gasteiger partial charge in [0.15, 0.2) is 0 Å². The van der Waals surface area contributed by atoms with Gasteiger partial charge >= 0.3 is 0 Å². The third-order valence-corrected chi connectivity index (χ3v) is 3.97. The molecule has 3 rings (SSSR count). The molecule has 2 aromatic carbocycles. The summed E-state index contributed by atoms with van der Waals surface area (Å²) in [5.74, 6) is 1.64. The first-order valence-corrected chi connectivity index (χ1v) is 8.17. The number of hydrogen-bond acceptors (Lipinski definition) is 4. The molecule has 0 fully saturated rings. The van der Waals surface area contributed by atoms with Gasteiger partial charge < -0.3 is 15.0 Å². The Labute approximate surface area is 146 Å². The summed E-state index contributed by atoms with van der Waals surface area (Å²) in [4.78, 5) is 14.5. The highest BCUT2D eigenvalue weighted by atomic mass is 16.5. The van der Waals surface area contributed by atoms with Gasteiger partial charge in [-0.2, -0.15) is 0 Å². The highest BCUT2D eigenvalue weighted by Crippen LogP contribution is 2.30. The van der Waals surface area contributed by atoms with Crippen molar-refractivity contribution in [3.8, 4) is 5.75 Å². The molecule has 0 saturated carbocycles. The molecule has 1 aromatic heterocycles. The van der Waals surface area contributed by atoms with Gasteiger partial charge in [0.05, 0.1) is 12.8 Å². The van der Waals surface area contributed by atoms with Crippen LogP contribution in [0.25, 0.3) is 10.9 Å². The van der Waals surface area contributed by atoms with Crippen LogP contribution in [0.1, 0.15) is 12.5 Å². The van der Waals surface area contributed by atoms with Crippen molar-refractivity contribution in [3.63, 3.8) is 0 Å². The van der Waals surface area contributed by atoms with Gasteiger partial charge in [-0.1, -0.05) is 18.2 Å². The topological polar surface area (TPSA) is 78.2 Å². The van der Waals surface area contributed by atoms with Crippen LogP contribution in [0, 0.1) is 0 Å². The minimum atomic E-state index is -0.0330. The molecule has 0 aliphatic heterocycles. The van der Waals surface area contributed by atoms with E-state index in [4.69, 9.17) is 4.74 Å². The van der Waals surface area contributed by atoms with E-state index >= 15 is 0 Å². The number of fused-ring (bicyclic) bond motifs is 1. The second-order valence-corrected chi connectivity index (χ2v) is 5.74. The van der Waals surface area contributed by atoms with Crippen molar-refractivity contribution in [1.82, 2.24) is 10.3 Å². The van der Waals surface area contributed by atoms with E-state index in [1.807, 2.05) is 48.5 Å². The number of anilines is 2. The summed E-state index contributed by atoms with van der Waals surface area (Å²) in [7, 11) is 1.65. The predicted molar refractivity (Wildman–Crippen MR) is 101 cm³/mol. The van der Waals surface area contributed by atoms with E-state index in [1.54, 1.807) is 7.11 Å². The number of carbonyl (C=O) groups excluding carboxylic acids is 1.